The molecule has 0 radical (unpaired) electrons. The summed E-state index contributed by atoms with van der Waals surface area (Å²) in [6.45, 7) is 5.63. The number of hydrogen-bond acceptors (Lipinski definition) is 4. The van der Waals surface area contributed by atoms with Crippen molar-refractivity contribution in [3.05, 3.63) is 24.3 Å². The van der Waals surface area contributed by atoms with Gasteiger partial charge in [-0.3, -0.25) is 9.80 Å². The first-order valence-corrected chi connectivity index (χ1v) is 6.25. The van der Waals surface area contributed by atoms with E-state index in [2.05, 4.69) is 22.2 Å². The molecule has 0 amide bonds. The Hall–Kier alpha value is -1.26. The maximum atomic E-state index is 5.86. The standard InChI is InChI=1S/C13H22N4/c1-16-9-10-17(11-16)8-4-7-15-13-6-3-2-5-12(13)14/h2-3,5-6,15H,4,7-11,14H2,1H3. The van der Waals surface area contributed by atoms with Crippen molar-refractivity contribution in [2.75, 3.05) is 50.9 Å². The second-order valence-electron chi connectivity index (χ2n) is 4.71. The predicted molar refractivity (Wildman–Crippen MR) is 73.0 cm³/mol. The van der Waals surface area contributed by atoms with Gasteiger partial charge in [-0.25, -0.2) is 0 Å². The van der Waals surface area contributed by atoms with Gasteiger partial charge in [0.1, 0.15) is 0 Å². The van der Waals surface area contributed by atoms with Crippen LogP contribution in [0.1, 0.15) is 6.42 Å². The van der Waals surface area contributed by atoms with Crippen molar-refractivity contribution >= 4 is 11.4 Å². The first-order chi connectivity index (χ1) is 8.25. The molecule has 0 unspecified atom stereocenters. The number of hydrogen-bond donors (Lipinski definition) is 2. The number of nitrogen functional groups attached to an aromatic ring is 1. The fourth-order valence-corrected chi connectivity index (χ4v) is 2.16. The third kappa shape index (κ3) is 3.61. The molecule has 1 aromatic carbocycles. The molecule has 1 fully saturated rings. The summed E-state index contributed by atoms with van der Waals surface area (Å²) >= 11 is 0. The predicted octanol–water partition coefficient (Wildman–Crippen LogP) is 1.28. The second-order valence-corrected chi connectivity index (χ2v) is 4.71. The highest BCUT2D eigenvalue weighted by Crippen LogP contribution is 2.16. The lowest BCUT2D eigenvalue weighted by molar-refractivity contribution is 0.274. The molecule has 1 saturated heterocycles. The van der Waals surface area contributed by atoms with E-state index in [-0.39, 0.29) is 0 Å². The summed E-state index contributed by atoms with van der Waals surface area (Å²) in [4.78, 5) is 4.83. The Morgan fingerprint density at radius 3 is 2.82 bits per heavy atom. The molecule has 2 rings (SSSR count). The van der Waals surface area contributed by atoms with E-state index in [1.807, 2.05) is 24.3 Å². The van der Waals surface area contributed by atoms with E-state index in [1.54, 1.807) is 0 Å². The van der Waals surface area contributed by atoms with Gasteiger partial charge in [0.2, 0.25) is 0 Å². The Morgan fingerprint density at radius 1 is 1.29 bits per heavy atom. The normalized spacial score (nSPS) is 17.5. The number of nitrogens with one attached hydrogen (secondary N) is 1. The highest BCUT2D eigenvalue weighted by molar-refractivity contribution is 5.65. The van der Waals surface area contributed by atoms with Gasteiger partial charge in [0.15, 0.2) is 0 Å². The zero-order valence-corrected chi connectivity index (χ0v) is 10.5. The van der Waals surface area contributed by atoms with Crippen molar-refractivity contribution < 1.29 is 0 Å². The van der Waals surface area contributed by atoms with Gasteiger partial charge >= 0.3 is 0 Å². The highest BCUT2D eigenvalue weighted by Gasteiger charge is 2.14. The van der Waals surface area contributed by atoms with Crippen LogP contribution in [0.2, 0.25) is 0 Å². The smallest absolute Gasteiger partial charge is 0.0573 e. The lowest BCUT2D eigenvalue weighted by Crippen LogP contribution is -2.25. The van der Waals surface area contributed by atoms with Gasteiger partial charge < -0.3 is 11.1 Å². The molecular formula is C13H22N4. The highest BCUT2D eigenvalue weighted by atomic mass is 15.4. The quantitative estimate of drug-likeness (QED) is 0.595. The van der Waals surface area contributed by atoms with E-state index in [4.69, 9.17) is 5.73 Å². The van der Waals surface area contributed by atoms with Gasteiger partial charge in [0.05, 0.1) is 18.0 Å². The van der Waals surface area contributed by atoms with Gasteiger partial charge in [-0.2, -0.15) is 0 Å². The molecule has 17 heavy (non-hydrogen) atoms. The number of likely N-dealkylation sites (N-methyl/N-ethyl adjacent to an activating group) is 1. The van der Waals surface area contributed by atoms with Gasteiger partial charge in [-0.05, 0) is 25.6 Å². The summed E-state index contributed by atoms with van der Waals surface area (Å²) < 4.78 is 0. The summed E-state index contributed by atoms with van der Waals surface area (Å²) in [5, 5.41) is 3.38. The van der Waals surface area contributed by atoms with Crippen molar-refractivity contribution in [1.82, 2.24) is 9.80 Å². The zero-order chi connectivity index (χ0) is 12.1. The molecular weight excluding hydrogens is 212 g/mol. The number of anilines is 2. The molecule has 4 heteroatoms. The third-order valence-corrected chi connectivity index (χ3v) is 3.17. The third-order valence-electron chi connectivity index (χ3n) is 3.17. The van der Waals surface area contributed by atoms with Crippen LogP contribution in [0.25, 0.3) is 0 Å². The molecule has 4 nitrogen and oxygen atoms in total. The van der Waals surface area contributed by atoms with Crippen LogP contribution < -0.4 is 11.1 Å². The van der Waals surface area contributed by atoms with Crippen LogP contribution in [-0.2, 0) is 0 Å². The van der Waals surface area contributed by atoms with Crippen LogP contribution in [-0.4, -0.2) is 49.7 Å². The van der Waals surface area contributed by atoms with Crippen molar-refractivity contribution in [3.63, 3.8) is 0 Å². The van der Waals surface area contributed by atoms with Crippen molar-refractivity contribution in [1.29, 1.82) is 0 Å². The minimum absolute atomic E-state index is 0.827. The van der Waals surface area contributed by atoms with E-state index in [1.165, 1.54) is 13.1 Å². The Kier molecular flexibility index (Phi) is 4.23. The first kappa shape index (κ1) is 12.2. The molecule has 1 aliphatic heterocycles. The number of benzene rings is 1. The summed E-state index contributed by atoms with van der Waals surface area (Å²) in [5.41, 5.74) is 7.74. The lowest BCUT2D eigenvalue weighted by Gasteiger charge is -2.15. The van der Waals surface area contributed by atoms with Gasteiger partial charge in [-0.1, -0.05) is 12.1 Å². The fourth-order valence-electron chi connectivity index (χ4n) is 2.16. The second kappa shape index (κ2) is 5.89. The Bertz CT molecular complexity index is 353. The lowest BCUT2D eigenvalue weighted by atomic mass is 10.2. The maximum Gasteiger partial charge on any atom is 0.0573 e. The fraction of sp³-hybridized carbons (Fsp3) is 0.538. The molecule has 1 aliphatic rings. The largest absolute Gasteiger partial charge is 0.397 e. The van der Waals surface area contributed by atoms with Crippen LogP contribution in [0.4, 0.5) is 11.4 Å². The molecule has 0 aromatic heterocycles. The molecule has 94 valence electrons. The van der Waals surface area contributed by atoms with E-state index < -0.39 is 0 Å². The van der Waals surface area contributed by atoms with Gasteiger partial charge in [0, 0.05) is 26.2 Å². The van der Waals surface area contributed by atoms with Crippen molar-refractivity contribution in [2.24, 2.45) is 0 Å². The maximum absolute atomic E-state index is 5.86. The Labute approximate surface area is 103 Å². The summed E-state index contributed by atoms with van der Waals surface area (Å²) in [6, 6.07) is 7.92. The van der Waals surface area contributed by atoms with Crippen LogP contribution in [0.15, 0.2) is 24.3 Å². The monoisotopic (exact) mass is 234 g/mol. The van der Waals surface area contributed by atoms with Gasteiger partial charge in [0.25, 0.3) is 0 Å². The average Bonchev–Trinajstić information content (AvgIpc) is 2.73. The molecule has 1 heterocycles. The zero-order valence-electron chi connectivity index (χ0n) is 10.5. The number of para-hydroxylation sites is 2. The average molecular weight is 234 g/mol. The summed E-state index contributed by atoms with van der Waals surface area (Å²) in [7, 11) is 2.17. The SMILES string of the molecule is CN1CCN(CCCNc2ccccc2N)C1. The number of rotatable bonds is 5. The molecule has 0 saturated carbocycles. The minimum atomic E-state index is 0.827. The van der Waals surface area contributed by atoms with Crippen molar-refractivity contribution in [2.45, 2.75) is 6.42 Å². The van der Waals surface area contributed by atoms with E-state index in [0.29, 0.717) is 0 Å². The number of nitrogens with zero attached hydrogens (tertiary/aromatic N) is 2. The Balaban J connectivity index is 1.65. The van der Waals surface area contributed by atoms with Crippen LogP contribution in [0, 0.1) is 0 Å². The van der Waals surface area contributed by atoms with E-state index >= 15 is 0 Å². The molecule has 0 aliphatic carbocycles. The molecule has 3 N–H and O–H groups in total. The van der Waals surface area contributed by atoms with Crippen LogP contribution in [0.3, 0.4) is 0 Å². The van der Waals surface area contributed by atoms with E-state index in [0.717, 1.165) is 37.6 Å². The number of nitrogens with two attached hydrogens (primary N) is 1. The summed E-state index contributed by atoms with van der Waals surface area (Å²) in [5.74, 6) is 0. The first-order valence-electron chi connectivity index (χ1n) is 6.25. The topological polar surface area (TPSA) is 44.5 Å². The molecule has 1 aromatic rings. The summed E-state index contributed by atoms with van der Waals surface area (Å²) in [6.07, 6.45) is 1.15. The van der Waals surface area contributed by atoms with Crippen LogP contribution >= 0.6 is 0 Å². The molecule has 0 bridgehead atoms. The molecule has 0 atom stereocenters. The Morgan fingerprint density at radius 2 is 2.12 bits per heavy atom. The van der Waals surface area contributed by atoms with Crippen molar-refractivity contribution in [3.8, 4) is 0 Å². The molecule has 0 spiro atoms. The minimum Gasteiger partial charge on any atom is -0.397 e. The van der Waals surface area contributed by atoms with Gasteiger partial charge in [-0.15, -0.1) is 0 Å². The van der Waals surface area contributed by atoms with Crippen LogP contribution in [0.5, 0.6) is 0 Å². The van der Waals surface area contributed by atoms with E-state index in [9.17, 15) is 0 Å².